The molecule has 2 N–H and O–H groups in total. The summed E-state index contributed by atoms with van der Waals surface area (Å²) in [7, 11) is 2.14. The number of aromatic nitrogens is 3. The number of benzene rings is 2. The molecule has 2 aromatic heterocycles. The molecule has 0 radical (unpaired) electrons. The Labute approximate surface area is 251 Å². The van der Waals surface area contributed by atoms with Gasteiger partial charge in [0.1, 0.15) is 23.0 Å². The van der Waals surface area contributed by atoms with Crippen molar-refractivity contribution in [3.63, 3.8) is 0 Å². The summed E-state index contributed by atoms with van der Waals surface area (Å²) in [4.78, 5) is 18.5. The number of piperidine rings is 1. The van der Waals surface area contributed by atoms with Crippen LogP contribution in [0.15, 0.2) is 53.1 Å². The lowest BCUT2D eigenvalue weighted by Gasteiger charge is -2.45. The summed E-state index contributed by atoms with van der Waals surface area (Å²) < 4.78 is 36.4. The second kappa shape index (κ2) is 13.8. The van der Waals surface area contributed by atoms with E-state index in [1.54, 1.807) is 19.4 Å². The molecule has 1 unspecified atom stereocenters. The molecule has 2 aliphatic heterocycles. The van der Waals surface area contributed by atoms with Crippen LogP contribution in [0, 0.1) is 12.7 Å². The van der Waals surface area contributed by atoms with Crippen LogP contribution in [0.4, 0.5) is 32.1 Å². The number of piperazine rings is 1. The van der Waals surface area contributed by atoms with Crippen LogP contribution in [0.5, 0.6) is 5.75 Å². The van der Waals surface area contributed by atoms with Crippen LogP contribution in [-0.4, -0.2) is 72.9 Å². The summed E-state index contributed by atoms with van der Waals surface area (Å²) in [6.07, 6.45) is 5.36. The fourth-order valence-corrected chi connectivity index (χ4v) is 5.81. The monoisotopic (exact) mass is 591 g/mol. The van der Waals surface area contributed by atoms with Gasteiger partial charge in [0.15, 0.2) is 5.76 Å². The number of nitrogens with zero attached hydrogens (tertiary/aromatic N) is 5. The number of hydrogen-bond acceptors (Lipinski definition) is 9. The molecule has 2 aromatic carbocycles. The second-order valence-corrected chi connectivity index (χ2v) is 10.7. The fraction of sp³-hybridized carbons (Fsp3) is 0.406. The molecule has 2 aliphatic rings. The predicted molar refractivity (Wildman–Crippen MR) is 167 cm³/mol. The first-order chi connectivity index (χ1) is 21.0. The van der Waals surface area contributed by atoms with Gasteiger partial charge in [0, 0.05) is 49.7 Å². The number of methoxy groups -OCH3 is 1. The Morgan fingerprint density at radius 3 is 2.70 bits per heavy atom. The number of rotatable bonds is 8. The lowest BCUT2D eigenvalue weighted by Crippen LogP contribution is -2.55. The second-order valence-electron chi connectivity index (χ2n) is 10.7. The maximum atomic E-state index is 15.3. The van der Waals surface area contributed by atoms with Gasteiger partial charge < -0.3 is 24.7 Å². The van der Waals surface area contributed by atoms with Crippen LogP contribution in [-0.2, 0) is 0 Å². The lowest BCUT2D eigenvalue weighted by atomic mass is 9.99. The smallest absolute Gasteiger partial charge is 0.295 e. The van der Waals surface area contributed by atoms with Gasteiger partial charge in [0.25, 0.3) is 6.01 Å². The van der Waals surface area contributed by atoms with E-state index in [9.17, 15) is 4.39 Å². The highest BCUT2D eigenvalue weighted by Crippen LogP contribution is 2.36. The molecule has 43 heavy (non-hydrogen) atoms. The van der Waals surface area contributed by atoms with Crippen molar-refractivity contribution >= 4 is 23.3 Å². The maximum Gasteiger partial charge on any atom is 0.295 e. The number of hydrogen-bond donors (Lipinski definition) is 2. The largest absolute Gasteiger partial charge is 0.497 e. The van der Waals surface area contributed by atoms with Crippen molar-refractivity contribution in [2.45, 2.75) is 39.2 Å². The third kappa shape index (κ3) is 6.88. The van der Waals surface area contributed by atoms with E-state index in [0.717, 1.165) is 43.1 Å². The van der Waals surface area contributed by atoms with E-state index < -0.39 is 0 Å². The molecule has 4 aromatic rings. The molecule has 0 amide bonds. The molecule has 9 nitrogen and oxygen atoms in total. The number of oxazole rings is 1. The van der Waals surface area contributed by atoms with Gasteiger partial charge in [-0.05, 0) is 81.3 Å². The van der Waals surface area contributed by atoms with Crippen LogP contribution < -0.4 is 20.3 Å². The first-order valence-corrected chi connectivity index (χ1v) is 14.7. The number of fused-ring (bicyclic) bond motifs is 1. The van der Waals surface area contributed by atoms with Gasteiger partial charge in [-0.15, -0.1) is 0 Å². The molecule has 4 heterocycles. The first kappa shape index (κ1) is 30.2. The average molecular weight is 592 g/mol. The number of ether oxygens (including phenoxy) is 1. The Balaban J connectivity index is 0.00000180. The minimum atomic E-state index is -0.253. The molecular formula is C32H39F2N7O2. The quantitative estimate of drug-likeness (QED) is 0.233. The Kier molecular flexibility index (Phi) is 9.71. The molecule has 228 valence electrons. The molecule has 11 heteroatoms. The highest BCUT2D eigenvalue weighted by atomic mass is 19.1. The van der Waals surface area contributed by atoms with Crippen molar-refractivity contribution in [2.24, 2.45) is 0 Å². The lowest BCUT2D eigenvalue weighted by molar-refractivity contribution is 0.133. The summed E-state index contributed by atoms with van der Waals surface area (Å²) in [5, 5.41) is 6.31. The molecule has 1 atom stereocenters. The molecule has 0 bridgehead atoms. The van der Waals surface area contributed by atoms with E-state index >= 15 is 4.39 Å². The van der Waals surface area contributed by atoms with E-state index in [4.69, 9.17) is 19.1 Å². The average Bonchev–Trinajstić information content (AvgIpc) is 3.46. The summed E-state index contributed by atoms with van der Waals surface area (Å²) in [5.41, 5.74) is 4.30. The Morgan fingerprint density at radius 2 is 1.91 bits per heavy atom. The number of nitrogens with one attached hydrogen (secondary N) is 2. The van der Waals surface area contributed by atoms with Crippen molar-refractivity contribution in [3.05, 3.63) is 60.0 Å². The van der Waals surface area contributed by atoms with Crippen LogP contribution in [0.25, 0.3) is 22.7 Å². The van der Waals surface area contributed by atoms with Gasteiger partial charge in [0.05, 0.1) is 20.0 Å². The Bertz CT molecular complexity index is 1530. The summed E-state index contributed by atoms with van der Waals surface area (Å²) >= 11 is 0. The summed E-state index contributed by atoms with van der Waals surface area (Å²) in [6.45, 7) is 8.50. The van der Waals surface area contributed by atoms with Crippen molar-refractivity contribution in [1.82, 2.24) is 19.9 Å². The standard InChI is InChI=1S/C31H36FN7O2.CH3F/c1-4-33-31-37-28(21-15-20(2)16-24(17-21)40-3)29(41-31)26-10-11-34-30(36-26)35-22-8-9-27(25(32)18-22)39-14-13-38-12-6-5-7-23(38)19-39;1-2/h8-11,15-18,23H,4-7,12-14,19H2,1-3H3,(H,33,37)(H,34,35,36);1H3. The maximum absolute atomic E-state index is 15.3. The Hall–Kier alpha value is -4.25. The zero-order valence-corrected chi connectivity index (χ0v) is 25.2. The van der Waals surface area contributed by atoms with Gasteiger partial charge in [-0.25, -0.2) is 14.4 Å². The number of alkyl halides is 1. The number of aryl methyl sites for hydroxylation is 1. The fourth-order valence-electron chi connectivity index (χ4n) is 5.81. The third-order valence-corrected chi connectivity index (χ3v) is 7.79. The highest BCUT2D eigenvalue weighted by Gasteiger charge is 2.30. The zero-order valence-electron chi connectivity index (χ0n) is 25.2. The molecule has 0 spiro atoms. The molecule has 0 aliphatic carbocycles. The molecular weight excluding hydrogens is 552 g/mol. The molecule has 2 fully saturated rings. The highest BCUT2D eigenvalue weighted by molar-refractivity contribution is 5.78. The minimum absolute atomic E-state index is 0.253. The van der Waals surface area contributed by atoms with E-state index in [2.05, 4.69) is 25.4 Å². The van der Waals surface area contributed by atoms with Gasteiger partial charge in [0.2, 0.25) is 5.95 Å². The van der Waals surface area contributed by atoms with Gasteiger partial charge >= 0.3 is 0 Å². The van der Waals surface area contributed by atoms with Crippen molar-refractivity contribution < 1.29 is 17.9 Å². The van der Waals surface area contributed by atoms with Crippen LogP contribution >= 0.6 is 0 Å². The van der Waals surface area contributed by atoms with Crippen LogP contribution in [0.2, 0.25) is 0 Å². The van der Waals surface area contributed by atoms with E-state index in [-0.39, 0.29) is 5.82 Å². The van der Waals surface area contributed by atoms with E-state index in [1.165, 1.54) is 25.3 Å². The molecule has 0 saturated carbocycles. The van der Waals surface area contributed by atoms with E-state index in [0.29, 0.717) is 60.2 Å². The number of halogens is 2. The number of anilines is 4. The van der Waals surface area contributed by atoms with Crippen molar-refractivity contribution in [2.75, 3.05) is 62.5 Å². The minimum Gasteiger partial charge on any atom is -0.497 e. The zero-order chi connectivity index (χ0) is 30.3. The van der Waals surface area contributed by atoms with E-state index in [1.807, 2.05) is 44.2 Å². The van der Waals surface area contributed by atoms with Gasteiger partial charge in [-0.3, -0.25) is 9.29 Å². The first-order valence-electron chi connectivity index (χ1n) is 14.7. The summed E-state index contributed by atoms with van der Waals surface area (Å²) in [6, 6.07) is 13.8. The normalized spacial score (nSPS) is 16.6. The third-order valence-electron chi connectivity index (χ3n) is 7.79. The Morgan fingerprint density at radius 1 is 1.05 bits per heavy atom. The predicted octanol–water partition coefficient (Wildman–Crippen LogP) is 6.69. The van der Waals surface area contributed by atoms with Gasteiger partial charge in [-0.1, -0.05) is 6.42 Å². The van der Waals surface area contributed by atoms with Crippen LogP contribution in [0.3, 0.4) is 0 Å². The van der Waals surface area contributed by atoms with Crippen LogP contribution in [0.1, 0.15) is 31.7 Å². The van der Waals surface area contributed by atoms with Crippen molar-refractivity contribution in [3.8, 4) is 28.5 Å². The van der Waals surface area contributed by atoms with Crippen molar-refractivity contribution in [1.29, 1.82) is 0 Å². The van der Waals surface area contributed by atoms with Gasteiger partial charge in [-0.2, -0.15) is 4.98 Å². The topological polar surface area (TPSA) is 91.6 Å². The SMILES string of the molecule is CCNc1nc(-c2cc(C)cc(OC)c2)c(-c2ccnc(Nc3ccc(N4CCN5CCCCC5C4)c(F)c3)n2)o1.CF. The molecule has 2 saturated heterocycles. The summed E-state index contributed by atoms with van der Waals surface area (Å²) in [5.74, 6) is 1.31. The molecule has 6 rings (SSSR count).